The first-order chi connectivity index (χ1) is 13.0. The number of benzene rings is 2. The maximum absolute atomic E-state index is 13.7. The van der Waals surface area contributed by atoms with Gasteiger partial charge in [-0.2, -0.15) is 0 Å². The van der Waals surface area contributed by atoms with Crippen molar-refractivity contribution in [3.05, 3.63) is 77.6 Å². The van der Waals surface area contributed by atoms with E-state index >= 15 is 0 Å². The van der Waals surface area contributed by atoms with Crippen LogP contribution in [-0.4, -0.2) is 17.4 Å². The predicted octanol–water partition coefficient (Wildman–Crippen LogP) is 4.05. The van der Waals surface area contributed by atoms with E-state index in [1.165, 1.54) is 24.4 Å². The minimum atomic E-state index is -0.743. The molecule has 140 valence electrons. The lowest BCUT2D eigenvalue weighted by Gasteiger charge is -2.05. The Hall–Kier alpha value is -3.09. The topological polar surface area (TPSA) is 55.1 Å². The largest absolute Gasteiger partial charge is 0.441 e. The summed E-state index contributed by atoms with van der Waals surface area (Å²) in [6, 6.07) is 9.71. The number of aryl methyl sites for hydroxylation is 1. The summed E-state index contributed by atoms with van der Waals surface area (Å²) < 4.78 is 45.9. The van der Waals surface area contributed by atoms with Gasteiger partial charge in [0.15, 0.2) is 11.7 Å². The standard InChI is InChI=1S/C20H17F3N2O2/c21-14-4-1-3-13(11-14)9-10-24-18(26)7-8-19-25-12-17(27-19)20-15(22)5-2-6-16(20)23/h1-6,11-12H,7-10H2,(H,24,26). The van der Waals surface area contributed by atoms with E-state index in [0.29, 0.717) is 13.0 Å². The molecule has 0 saturated carbocycles. The molecule has 1 N–H and O–H groups in total. The Morgan fingerprint density at radius 1 is 1.04 bits per heavy atom. The summed E-state index contributed by atoms with van der Waals surface area (Å²) in [7, 11) is 0. The van der Waals surface area contributed by atoms with Gasteiger partial charge in [-0.25, -0.2) is 18.2 Å². The summed E-state index contributed by atoms with van der Waals surface area (Å²) in [6.07, 6.45) is 2.06. The number of nitrogens with one attached hydrogen (secondary N) is 1. The highest BCUT2D eigenvalue weighted by Crippen LogP contribution is 2.26. The van der Waals surface area contributed by atoms with Crippen molar-refractivity contribution in [2.75, 3.05) is 6.54 Å². The van der Waals surface area contributed by atoms with Crippen LogP contribution in [0.3, 0.4) is 0 Å². The molecule has 1 aromatic heterocycles. The monoisotopic (exact) mass is 374 g/mol. The molecule has 3 aromatic rings. The van der Waals surface area contributed by atoms with Crippen LogP contribution in [0.2, 0.25) is 0 Å². The Bertz CT molecular complexity index is 920. The van der Waals surface area contributed by atoms with E-state index in [2.05, 4.69) is 10.3 Å². The molecule has 0 aliphatic heterocycles. The van der Waals surface area contributed by atoms with Crippen LogP contribution < -0.4 is 5.32 Å². The number of aromatic nitrogens is 1. The molecule has 0 atom stereocenters. The van der Waals surface area contributed by atoms with Gasteiger partial charge in [-0.1, -0.05) is 18.2 Å². The third-order valence-corrected chi connectivity index (χ3v) is 3.95. The molecule has 1 heterocycles. The zero-order valence-electron chi connectivity index (χ0n) is 14.3. The zero-order valence-corrected chi connectivity index (χ0v) is 14.3. The molecule has 0 fully saturated rings. The van der Waals surface area contributed by atoms with Gasteiger partial charge in [0.2, 0.25) is 5.91 Å². The molecule has 0 saturated heterocycles. The summed E-state index contributed by atoms with van der Waals surface area (Å²) >= 11 is 0. The second-order valence-electron chi connectivity index (χ2n) is 5.94. The van der Waals surface area contributed by atoms with Gasteiger partial charge in [0.25, 0.3) is 0 Å². The smallest absolute Gasteiger partial charge is 0.220 e. The van der Waals surface area contributed by atoms with Crippen LogP contribution in [0, 0.1) is 17.5 Å². The molecule has 2 aromatic carbocycles. The van der Waals surface area contributed by atoms with E-state index in [4.69, 9.17) is 4.42 Å². The Balaban J connectivity index is 1.49. The number of amides is 1. The van der Waals surface area contributed by atoms with E-state index in [1.54, 1.807) is 12.1 Å². The van der Waals surface area contributed by atoms with Crippen LogP contribution >= 0.6 is 0 Å². The van der Waals surface area contributed by atoms with Crippen molar-refractivity contribution in [3.8, 4) is 11.3 Å². The van der Waals surface area contributed by atoms with Crippen molar-refractivity contribution in [1.82, 2.24) is 10.3 Å². The molecule has 27 heavy (non-hydrogen) atoms. The fourth-order valence-electron chi connectivity index (χ4n) is 2.62. The maximum Gasteiger partial charge on any atom is 0.220 e. The molecule has 4 nitrogen and oxygen atoms in total. The normalized spacial score (nSPS) is 10.8. The van der Waals surface area contributed by atoms with Crippen molar-refractivity contribution in [1.29, 1.82) is 0 Å². The molecule has 7 heteroatoms. The number of hydrogen-bond acceptors (Lipinski definition) is 3. The van der Waals surface area contributed by atoms with Crippen LogP contribution in [0.25, 0.3) is 11.3 Å². The molecular formula is C20H17F3N2O2. The second-order valence-corrected chi connectivity index (χ2v) is 5.94. The molecule has 0 spiro atoms. The first-order valence-corrected chi connectivity index (χ1v) is 8.43. The first kappa shape index (κ1) is 18.7. The lowest BCUT2D eigenvalue weighted by atomic mass is 10.1. The summed E-state index contributed by atoms with van der Waals surface area (Å²) in [5.74, 6) is -1.83. The zero-order chi connectivity index (χ0) is 19.2. The molecule has 0 aliphatic rings. The second kappa shape index (κ2) is 8.53. The molecule has 0 unspecified atom stereocenters. The maximum atomic E-state index is 13.7. The first-order valence-electron chi connectivity index (χ1n) is 8.43. The van der Waals surface area contributed by atoms with Gasteiger partial charge in [0, 0.05) is 19.4 Å². The number of carbonyl (C=O) groups is 1. The van der Waals surface area contributed by atoms with Gasteiger partial charge >= 0.3 is 0 Å². The molecule has 0 radical (unpaired) electrons. The molecular weight excluding hydrogens is 357 g/mol. The number of carbonyl (C=O) groups excluding carboxylic acids is 1. The summed E-state index contributed by atoms with van der Waals surface area (Å²) in [5.41, 5.74) is 0.510. The number of rotatable bonds is 7. The summed E-state index contributed by atoms with van der Waals surface area (Å²) in [6.45, 7) is 0.375. The van der Waals surface area contributed by atoms with E-state index in [9.17, 15) is 18.0 Å². The number of oxazole rings is 1. The van der Waals surface area contributed by atoms with Crippen molar-refractivity contribution in [2.24, 2.45) is 0 Å². The fourth-order valence-corrected chi connectivity index (χ4v) is 2.62. The van der Waals surface area contributed by atoms with Crippen LogP contribution in [0.1, 0.15) is 17.9 Å². The number of hydrogen-bond donors (Lipinski definition) is 1. The minimum Gasteiger partial charge on any atom is -0.441 e. The lowest BCUT2D eigenvalue weighted by Crippen LogP contribution is -2.25. The highest BCUT2D eigenvalue weighted by molar-refractivity contribution is 5.76. The molecule has 1 amide bonds. The van der Waals surface area contributed by atoms with E-state index in [0.717, 1.165) is 17.7 Å². The summed E-state index contributed by atoms with van der Waals surface area (Å²) in [4.78, 5) is 15.8. The van der Waals surface area contributed by atoms with E-state index in [1.807, 2.05) is 0 Å². The Morgan fingerprint density at radius 3 is 2.52 bits per heavy atom. The third kappa shape index (κ3) is 4.97. The van der Waals surface area contributed by atoms with Crippen molar-refractivity contribution < 1.29 is 22.4 Å². The van der Waals surface area contributed by atoms with E-state index < -0.39 is 11.6 Å². The fraction of sp³-hybridized carbons (Fsp3) is 0.200. The van der Waals surface area contributed by atoms with Gasteiger partial charge in [-0.05, 0) is 36.2 Å². The minimum absolute atomic E-state index is 0.0212. The number of nitrogens with zero attached hydrogens (tertiary/aromatic N) is 1. The van der Waals surface area contributed by atoms with Crippen LogP contribution in [0.5, 0.6) is 0 Å². The van der Waals surface area contributed by atoms with Crippen molar-refractivity contribution in [3.63, 3.8) is 0 Å². The predicted molar refractivity (Wildman–Crippen MR) is 93.3 cm³/mol. The quantitative estimate of drug-likeness (QED) is 0.679. The van der Waals surface area contributed by atoms with Gasteiger partial charge in [-0.15, -0.1) is 0 Å². The molecule has 0 bridgehead atoms. The lowest BCUT2D eigenvalue weighted by molar-refractivity contribution is -0.121. The van der Waals surface area contributed by atoms with Crippen LogP contribution in [0.4, 0.5) is 13.2 Å². The highest BCUT2D eigenvalue weighted by atomic mass is 19.1. The average molecular weight is 374 g/mol. The van der Waals surface area contributed by atoms with Gasteiger partial charge in [0.1, 0.15) is 17.5 Å². The van der Waals surface area contributed by atoms with Crippen molar-refractivity contribution in [2.45, 2.75) is 19.3 Å². The molecule has 3 rings (SSSR count). The Kier molecular flexibility index (Phi) is 5.90. The molecule has 0 aliphatic carbocycles. The number of halogens is 3. The highest BCUT2D eigenvalue weighted by Gasteiger charge is 2.16. The third-order valence-electron chi connectivity index (χ3n) is 3.95. The van der Waals surface area contributed by atoms with E-state index in [-0.39, 0.29) is 41.8 Å². The Morgan fingerprint density at radius 2 is 1.78 bits per heavy atom. The summed E-state index contributed by atoms with van der Waals surface area (Å²) in [5, 5.41) is 2.73. The Labute approximate surface area is 154 Å². The van der Waals surface area contributed by atoms with Gasteiger partial charge in [0.05, 0.1) is 11.8 Å². The van der Waals surface area contributed by atoms with Gasteiger partial charge < -0.3 is 9.73 Å². The van der Waals surface area contributed by atoms with Crippen LogP contribution in [-0.2, 0) is 17.6 Å². The van der Waals surface area contributed by atoms with Gasteiger partial charge in [-0.3, -0.25) is 4.79 Å². The van der Waals surface area contributed by atoms with Crippen molar-refractivity contribution >= 4 is 5.91 Å². The average Bonchev–Trinajstić information content (AvgIpc) is 3.08. The SMILES string of the molecule is O=C(CCc1ncc(-c2c(F)cccc2F)o1)NCCc1cccc(F)c1. The van der Waals surface area contributed by atoms with Crippen LogP contribution in [0.15, 0.2) is 53.1 Å².